The molecular weight excluding hydrogens is 262 g/mol. The molecule has 1 aromatic carbocycles. The smallest absolute Gasteiger partial charge is 0.119 e. The maximum absolute atomic E-state index is 5.72. The molecule has 0 spiro atoms. The van der Waals surface area contributed by atoms with Crippen LogP contribution in [0.4, 0.5) is 0 Å². The molecule has 0 aliphatic heterocycles. The van der Waals surface area contributed by atoms with Crippen LogP contribution in [0, 0.1) is 0 Å². The lowest BCUT2D eigenvalue weighted by molar-refractivity contribution is 0.293. The second-order valence-electron chi connectivity index (χ2n) is 4.85. The molecule has 0 amide bonds. The fraction of sp³-hybridized carbons (Fsp3) is 0.471. The molecule has 2 rings (SSSR count). The number of rotatable bonds is 7. The van der Waals surface area contributed by atoms with Gasteiger partial charge in [0.05, 0.1) is 12.3 Å². The van der Waals surface area contributed by atoms with Gasteiger partial charge in [0.15, 0.2) is 0 Å². The van der Waals surface area contributed by atoms with E-state index in [1.54, 1.807) is 6.20 Å². The number of nitrogens with zero attached hydrogens (tertiary/aromatic N) is 2. The van der Waals surface area contributed by atoms with Crippen LogP contribution in [0.5, 0.6) is 5.75 Å². The number of nitrogens with one attached hydrogen (secondary N) is 1. The molecule has 0 atom stereocenters. The van der Waals surface area contributed by atoms with Gasteiger partial charge in [0.25, 0.3) is 0 Å². The van der Waals surface area contributed by atoms with Crippen LogP contribution in [0.1, 0.15) is 26.7 Å². The fourth-order valence-corrected chi connectivity index (χ4v) is 1.87. The first-order chi connectivity index (χ1) is 10.3. The van der Waals surface area contributed by atoms with Crippen molar-refractivity contribution in [3.63, 3.8) is 0 Å². The zero-order valence-electron chi connectivity index (χ0n) is 13.6. The summed E-state index contributed by atoms with van der Waals surface area (Å²) >= 11 is 0. The van der Waals surface area contributed by atoms with E-state index in [2.05, 4.69) is 29.2 Å². The number of aromatic nitrogens is 2. The van der Waals surface area contributed by atoms with Crippen molar-refractivity contribution in [2.45, 2.75) is 26.7 Å². The van der Waals surface area contributed by atoms with Gasteiger partial charge in [-0.05, 0) is 69.4 Å². The molecule has 0 radical (unpaired) electrons. The Bertz CT molecular complexity index is 463. The van der Waals surface area contributed by atoms with E-state index < -0.39 is 0 Å². The summed E-state index contributed by atoms with van der Waals surface area (Å²) in [6, 6.07) is 10.0. The molecule has 0 aliphatic rings. The third kappa shape index (κ3) is 6.45. The summed E-state index contributed by atoms with van der Waals surface area (Å²) < 4.78 is 5.72. The Morgan fingerprint density at radius 2 is 1.76 bits per heavy atom. The number of unbranched alkanes of at least 4 members (excludes halogenated alkanes) is 1. The summed E-state index contributed by atoms with van der Waals surface area (Å²) in [4.78, 5) is 2.19. The van der Waals surface area contributed by atoms with Crippen molar-refractivity contribution in [3.05, 3.63) is 36.5 Å². The van der Waals surface area contributed by atoms with Crippen LogP contribution in [0.2, 0.25) is 0 Å². The Kier molecular flexibility index (Phi) is 8.21. The summed E-state index contributed by atoms with van der Waals surface area (Å²) in [6.45, 7) is 5.89. The number of aromatic amines is 1. The molecule has 4 heteroatoms. The van der Waals surface area contributed by atoms with Crippen LogP contribution < -0.4 is 4.74 Å². The molecule has 1 heterocycles. The monoisotopic (exact) mass is 289 g/mol. The SMILES string of the molecule is CC.CN(C)CCCCOc1ccc(-c2ccn[nH]2)cc1. The molecule has 21 heavy (non-hydrogen) atoms. The van der Waals surface area contributed by atoms with Gasteiger partial charge >= 0.3 is 0 Å². The lowest BCUT2D eigenvalue weighted by Gasteiger charge is -2.10. The van der Waals surface area contributed by atoms with Gasteiger partial charge in [0, 0.05) is 6.20 Å². The van der Waals surface area contributed by atoms with Gasteiger partial charge in [-0.3, -0.25) is 5.10 Å². The van der Waals surface area contributed by atoms with E-state index in [9.17, 15) is 0 Å². The highest BCUT2D eigenvalue weighted by atomic mass is 16.5. The zero-order valence-corrected chi connectivity index (χ0v) is 13.6. The number of benzene rings is 1. The van der Waals surface area contributed by atoms with Crippen LogP contribution in [0.15, 0.2) is 36.5 Å². The van der Waals surface area contributed by atoms with Crippen LogP contribution in [0.3, 0.4) is 0 Å². The van der Waals surface area contributed by atoms with E-state index in [0.29, 0.717) is 0 Å². The summed E-state index contributed by atoms with van der Waals surface area (Å²) in [6.07, 6.45) is 4.00. The summed E-state index contributed by atoms with van der Waals surface area (Å²) in [5.74, 6) is 0.924. The Balaban J connectivity index is 0.00000106. The molecule has 116 valence electrons. The van der Waals surface area contributed by atoms with Gasteiger partial charge in [0.2, 0.25) is 0 Å². The first kappa shape index (κ1) is 17.2. The largest absolute Gasteiger partial charge is 0.494 e. The van der Waals surface area contributed by atoms with Gasteiger partial charge in [0.1, 0.15) is 5.75 Å². The third-order valence-electron chi connectivity index (χ3n) is 2.93. The van der Waals surface area contributed by atoms with Crippen molar-refractivity contribution >= 4 is 0 Å². The normalized spacial score (nSPS) is 10.1. The molecule has 1 aromatic heterocycles. The summed E-state index contributed by atoms with van der Waals surface area (Å²) in [7, 11) is 4.18. The van der Waals surface area contributed by atoms with E-state index in [1.807, 2.05) is 44.2 Å². The Labute approximate surface area is 128 Å². The highest BCUT2D eigenvalue weighted by molar-refractivity contribution is 5.59. The van der Waals surface area contributed by atoms with Crippen LogP contribution in [-0.2, 0) is 0 Å². The first-order valence-electron chi connectivity index (χ1n) is 7.63. The van der Waals surface area contributed by atoms with E-state index in [1.165, 1.54) is 6.42 Å². The predicted molar refractivity (Wildman–Crippen MR) is 88.7 cm³/mol. The lowest BCUT2D eigenvalue weighted by atomic mass is 10.1. The van der Waals surface area contributed by atoms with Crippen LogP contribution >= 0.6 is 0 Å². The minimum absolute atomic E-state index is 0.775. The van der Waals surface area contributed by atoms with Gasteiger partial charge in [-0.25, -0.2) is 0 Å². The van der Waals surface area contributed by atoms with Crippen LogP contribution in [0.25, 0.3) is 11.3 Å². The molecule has 0 aliphatic carbocycles. The van der Waals surface area contributed by atoms with E-state index in [0.717, 1.165) is 36.6 Å². The zero-order chi connectivity index (χ0) is 15.5. The first-order valence-corrected chi connectivity index (χ1v) is 7.63. The number of ether oxygens (including phenoxy) is 1. The maximum atomic E-state index is 5.72. The van der Waals surface area contributed by atoms with Crippen molar-refractivity contribution in [2.24, 2.45) is 0 Å². The Morgan fingerprint density at radius 3 is 2.33 bits per heavy atom. The van der Waals surface area contributed by atoms with Crippen molar-refractivity contribution in [2.75, 3.05) is 27.2 Å². The highest BCUT2D eigenvalue weighted by Crippen LogP contribution is 2.20. The second kappa shape index (κ2) is 10.00. The average Bonchev–Trinajstić information content (AvgIpc) is 3.04. The molecular formula is C17H27N3O. The molecule has 4 nitrogen and oxygen atoms in total. The quantitative estimate of drug-likeness (QED) is 0.788. The Morgan fingerprint density at radius 1 is 1.05 bits per heavy atom. The number of hydrogen-bond acceptors (Lipinski definition) is 3. The third-order valence-corrected chi connectivity index (χ3v) is 2.93. The minimum Gasteiger partial charge on any atom is -0.494 e. The number of hydrogen-bond donors (Lipinski definition) is 1. The molecule has 0 saturated heterocycles. The molecule has 1 N–H and O–H groups in total. The second-order valence-corrected chi connectivity index (χ2v) is 4.85. The van der Waals surface area contributed by atoms with Crippen molar-refractivity contribution in [1.29, 1.82) is 0 Å². The van der Waals surface area contributed by atoms with E-state index >= 15 is 0 Å². The van der Waals surface area contributed by atoms with Crippen molar-refractivity contribution < 1.29 is 4.74 Å². The average molecular weight is 289 g/mol. The highest BCUT2D eigenvalue weighted by Gasteiger charge is 1.99. The molecule has 0 unspecified atom stereocenters. The molecule has 0 bridgehead atoms. The fourth-order valence-electron chi connectivity index (χ4n) is 1.87. The van der Waals surface area contributed by atoms with Crippen LogP contribution in [-0.4, -0.2) is 42.3 Å². The van der Waals surface area contributed by atoms with Gasteiger partial charge < -0.3 is 9.64 Å². The molecule has 2 aromatic rings. The van der Waals surface area contributed by atoms with Gasteiger partial charge in [-0.15, -0.1) is 0 Å². The Hall–Kier alpha value is -1.81. The topological polar surface area (TPSA) is 41.1 Å². The van der Waals surface area contributed by atoms with Gasteiger partial charge in [-0.2, -0.15) is 5.10 Å². The van der Waals surface area contributed by atoms with Crippen molar-refractivity contribution in [3.8, 4) is 17.0 Å². The predicted octanol–water partition coefficient (Wildman–Crippen LogP) is 3.82. The minimum atomic E-state index is 0.775. The molecule has 0 saturated carbocycles. The van der Waals surface area contributed by atoms with E-state index in [-0.39, 0.29) is 0 Å². The van der Waals surface area contributed by atoms with Gasteiger partial charge in [-0.1, -0.05) is 13.8 Å². The lowest BCUT2D eigenvalue weighted by Crippen LogP contribution is -2.13. The summed E-state index contributed by atoms with van der Waals surface area (Å²) in [5.41, 5.74) is 2.15. The van der Waals surface area contributed by atoms with Crippen molar-refractivity contribution in [1.82, 2.24) is 15.1 Å². The summed E-state index contributed by atoms with van der Waals surface area (Å²) in [5, 5.41) is 6.89. The van der Waals surface area contributed by atoms with E-state index in [4.69, 9.17) is 4.74 Å². The number of H-pyrrole nitrogens is 1. The maximum Gasteiger partial charge on any atom is 0.119 e. The molecule has 0 fully saturated rings. The standard InChI is InChI=1S/C15H21N3O.C2H6/c1-18(2)11-3-4-12-19-14-7-5-13(6-8-14)15-9-10-16-17-15;1-2/h5-10H,3-4,11-12H2,1-2H3,(H,16,17);1-2H3.